The summed E-state index contributed by atoms with van der Waals surface area (Å²) in [5.41, 5.74) is -0.194. The lowest BCUT2D eigenvalue weighted by Crippen LogP contribution is -2.52. The van der Waals surface area contributed by atoms with Crippen molar-refractivity contribution in [3.05, 3.63) is 33.9 Å². The lowest BCUT2D eigenvalue weighted by Gasteiger charge is -2.42. The molecule has 1 aliphatic heterocycles. The van der Waals surface area contributed by atoms with Gasteiger partial charge < -0.3 is 15.2 Å². The minimum Gasteiger partial charge on any atom is -0.485 e. The van der Waals surface area contributed by atoms with Crippen LogP contribution >= 0.6 is 11.6 Å². The highest BCUT2D eigenvalue weighted by molar-refractivity contribution is 6.17. The Balaban J connectivity index is 2.37. The van der Waals surface area contributed by atoms with Gasteiger partial charge in [0.05, 0.1) is 11.0 Å². The molecule has 0 saturated carbocycles. The predicted octanol–water partition coefficient (Wildman–Crippen LogP) is 2.39. The summed E-state index contributed by atoms with van der Waals surface area (Å²) in [5.74, 6) is 1.07. The minimum atomic E-state index is -0.817. The molecule has 0 saturated heterocycles. The van der Waals surface area contributed by atoms with Crippen molar-refractivity contribution < 1.29 is 14.8 Å². The van der Waals surface area contributed by atoms with Crippen molar-refractivity contribution >= 4 is 17.3 Å². The topological polar surface area (TPSA) is 84.6 Å². The molecule has 2 atom stereocenters. The first-order valence-corrected chi connectivity index (χ1v) is 7.35. The van der Waals surface area contributed by atoms with Gasteiger partial charge in [-0.2, -0.15) is 0 Å². The van der Waals surface area contributed by atoms with E-state index in [1.807, 2.05) is 0 Å². The second-order valence-corrected chi connectivity index (χ2v) is 5.98. The van der Waals surface area contributed by atoms with Gasteiger partial charge in [0, 0.05) is 23.6 Å². The number of alkyl halides is 1. The molecule has 6 nitrogen and oxygen atoms in total. The van der Waals surface area contributed by atoms with Gasteiger partial charge in [0.2, 0.25) is 0 Å². The van der Waals surface area contributed by atoms with E-state index in [1.165, 1.54) is 12.1 Å². The Morgan fingerprint density at radius 3 is 2.86 bits per heavy atom. The number of halogens is 1. The largest absolute Gasteiger partial charge is 0.485 e. The van der Waals surface area contributed by atoms with E-state index in [0.717, 1.165) is 6.42 Å². The molecule has 0 radical (unpaired) electrons. The second-order valence-electron chi connectivity index (χ2n) is 5.60. The predicted molar refractivity (Wildman–Crippen MR) is 79.9 cm³/mol. The monoisotopic (exact) mass is 314 g/mol. The normalized spacial score (nSPS) is 23.2. The van der Waals surface area contributed by atoms with Crippen molar-refractivity contribution in [2.45, 2.75) is 38.0 Å². The van der Waals surface area contributed by atoms with Crippen LogP contribution in [0.5, 0.6) is 5.75 Å². The lowest BCUT2D eigenvalue weighted by molar-refractivity contribution is -0.385. The third kappa shape index (κ3) is 3.28. The van der Waals surface area contributed by atoms with Crippen LogP contribution in [0.15, 0.2) is 18.2 Å². The van der Waals surface area contributed by atoms with Crippen LogP contribution in [0.25, 0.3) is 0 Å². The van der Waals surface area contributed by atoms with Crippen LogP contribution in [0.3, 0.4) is 0 Å². The number of benzene rings is 1. The number of nitrogens with one attached hydrogen (secondary N) is 1. The number of aliphatic hydroxyl groups excluding tert-OH is 1. The number of hydrogen-bond donors (Lipinski definition) is 2. The van der Waals surface area contributed by atoms with Gasteiger partial charge in [-0.1, -0.05) is 0 Å². The first kappa shape index (κ1) is 16.0. The van der Waals surface area contributed by atoms with Crippen molar-refractivity contribution in [3.8, 4) is 5.75 Å². The molecule has 0 amide bonds. The Labute approximate surface area is 128 Å². The Kier molecular flexibility index (Phi) is 4.70. The molecule has 2 N–H and O–H groups in total. The highest BCUT2D eigenvalue weighted by Gasteiger charge is 2.43. The third-order valence-electron chi connectivity index (χ3n) is 3.61. The average molecular weight is 315 g/mol. The zero-order valence-corrected chi connectivity index (χ0v) is 12.8. The van der Waals surface area contributed by atoms with Crippen molar-refractivity contribution in [3.63, 3.8) is 0 Å². The summed E-state index contributed by atoms with van der Waals surface area (Å²) in [6.45, 7) is 4.19. The summed E-state index contributed by atoms with van der Waals surface area (Å²) in [7, 11) is 0. The third-order valence-corrected chi connectivity index (χ3v) is 3.88. The summed E-state index contributed by atoms with van der Waals surface area (Å²) in [4.78, 5) is 10.5. The van der Waals surface area contributed by atoms with Gasteiger partial charge in [0.15, 0.2) is 0 Å². The zero-order valence-electron chi connectivity index (χ0n) is 12.0. The van der Waals surface area contributed by atoms with E-state index in [9.17, 15) is 15.2 Å². The summed E-state index contributed by atoms with van der Waals surface area (Å²) in [6, 6.07) is 4.01. The molecule has 21 heavy (non-hydrogen) atoms. The molecule has 7 heteroatoms. The molecule has 1 heterocycles. The highest BCUT2D eigenvalue weighted by Crippen LogP contribution is 2.41. The fourth-order valence-corrected chi connectivity index (χ4v) is 2.58. The Morgan fingerprint density at radius 2 is 2.24 bits per heavy atom. The van der Waals surface area contributed by atoms with Gasteiger partial charge in [-0.15, -0.1) is 11.6 Å². The Morgan fingerprint density at radius 1 is 1.52 bits per heavy atom. The smallest absolute Gasteiger partial charge is 0.270 e. The number of aliphatic hydroxyl groups is 1. The number of hydrogen-bond acceptors (Lipinski definition) is 5. The maximum Gasteiger partial charge on any atom is 0.270 e. The summed E-state index contributed by atoms with van der Waals surface area (Å²) in [6.07, 6.45) is -0.0709. The van der Waals surface area contributed by atoms with Gasteiger partial charge in [0.25, 0.3) is 5.69 Å². The van der Waals surface area contributed by atoms with Crippen molar-refractivity contribution in [2.75, 3.05) is 12.4 Å². The SMILES string of the molecule is CC1(C)Oc2ccc([N+](=O)[O-])cc2C(NCCCCl)C1O. The Bertz CT molecular complexity index is 536. The molecule has 0 aliphatic carbocycles. The maximum atomic E-state index is 10.9. The molecule has 116 valence electrons. The van der Waals surface area contributed by atoms with Crippen molar-refractivity contribution in [1.29, 1.82) is 0 Å². The highest BCUT2D eigenvalue weighted by atomic mass is 35.5. The standard InChI is InChI=1S/C14H19ClN2O4/c1-14(2)13(18)12(16-7-3-6-15)10-8-9(17(19)20)4-5-11(10)21-14/h4-5,8,12-13,16,18H,3,6-7H2,1-2H3. The Hall–Kier alpha value is -1.37. The number of nitro benzene ring substituents is 1. The number of ether oxygens (including phenoxy) is 1. The van der Waals surface area contributed by atoms with Gasteiger partial charge >= 0.3 is 0 Å². The van der Waals surface area contributed by atoms with Crippen molar-refractivity contribution in [1.82, 2.24) is 5.32 Å². The lowest BCUT2D eigenvalue weighted by atomic mass is 9.86. The molecule has 2 unspecified atom stereocenters. The average Bonchev–Trinajstić information content (AvgIpc) is 2.42. The quantitative estimate of drug-likeness (QED) is 0.377. The molecule has 1 aromatic carbocycles. The number of nitrogens with zero attached hydrogens (tertiary/aromatic N) is 1. The van der Waals surface area contributed by atoms with Crippen molar-refractivity contribution in [2.24, 2.45) is 0 Å². The van der Waals surface area contributed by atoms with Gasteiger partial charge in [-0.3, -0.25) is 10.1 Å². The summed E-state index contributed by atoms with van der Waals surface area (Å²) in [5, 5.41) is 24.6. The van der Waals surface area contributed by atoms with E-state index in [4.69, 9.17) is 16.3 Å². The number of fused-ring (bicyclic) bond motifs is 1. The fourth-order valence-electron chi connectivity index (χ4n) is 2.45. The first-order valence-electron chi connectivity index (χ1n) is 6.81. The van der Waals surface area contributed by atoms with E-state index in [-0.39, 0.29) is 5.69 Å². The molecule has 1 aromatic rings. The molecular weight excluding hydrogens is 296 g/mol. The number of non-ortho nitro benzene ring substituents is 1. The van der Waals surface area contributed by atoms with Crippen LogP contribution < -0.4 is 10.1 Å². The zero-order chi connectivity index (χ0) is 15.6. The van der Waals surface area contributed by atoms with Gasteiger partial charge in [0.1, 0.15) is 17.5 Å². The maximum absolute atomic E-state index is 10.9. The molecule has 0 bridgehead atoms. The van der Waals surface area contributed by atoms with Gasteiger partial charge in [-0.25, -0.2) is 0 Å². The summed E-state index contributed by atoms with van der Waals surface area (Å²) < 4.78 is 5.76. The van der Waals surface area contributed by atoms with E-state index < -0.39 is 22.7 Å². The van der Waals surface area contributed by atoms with Crippen LogP contribution in [-0.4, -0.2) is 34.2 Å². The number of rotatable bonds is 5. The van der Waals surface area contributed by atoms with E-state index >= 15 is 0 Å². The molecular formula is C14H19ClN2O4. The molecule has 0 fully saturated rings. The second kappa shape index (κ2) is 6.17. The van der Waals surface area contributed by atoms with Gasteiger partial charge in [-0.05, 0) is 32.9 Å². The van der Waals surface area contributed by atoms with Crippen LogP contribution in [-0.2, 0) is 0 Å². The first-order chi connectivity index (χ1) is 9.86. The fraction of sp³-hybridized carbons (Fsp3) is 0.571. The molecule has 2 rings (SSSR count). The van der Waals surface area contributed by atoms with E-state index in [0.29, 0.717) is 23.7 Å². The number of nitro groups is 1. The minimum absolute atomic E-state index is 0.0200. The summed E-state index contributed by atoms with van der Waals surface area (Å²) >= 11 is 5.66. The van der Waals surface area contributed by atoms with E-state index in [1.54, 1.807) is 19.9 Å². The molecule has 1 aliphatic rings. The van der Waals surface area contributed by atoms with Crippen LogP contribution in [0.1, 0.15) is 31.9 Å². The van der Waals surface area contributed by atoms with Crippen LogP contribution in [0, 0.1) is 10.1 Å². The molecule has 0 aromatic heterocycles. The van der Waals surface area contributed by atoms with Crippen LogP contribution in [0.4, 0.5) is 5.69 Å². The molecule has 0 spiro atoms. The van der Waals surface area contributed by atoms with Crippen LogP contribution in [0.2, 0.25) is 0 Å². The van der Waals surface area contributed by atoms with E-state index in [2.05, 4.69) is 5.32 Å².